The highest BCUT2D eigenvalue weighted by atomic mass is 32.1. The number of hydrogen-bond donors (Lipinski definition) is 2. The maximum atomic E-state index is 12.9. The van der Waals surface area contributed by atoms with Crippen LogP contribution in [0.1, 0.15) is 16.1 Å². The molecule has 0 fully saturated rings. The summed E-state index contributed by atoms with van der Waals surface area (Å²) in [5, 5.41) is 7.44. The molecule has 0 saturated carbocycles. The molecule has 142 valence electrons. The fourth-order valence-electron chi connectivity index (χ4n) is 2.56. The Morgan fingerprint density at radius 2 is 1.86 bits per heavy atom. The molecule has 2 aromatic carbocycles. The van der Waals surface area contributed by atoms with Crippen LogP contribution >= 0.6 is 11.3 Å². The Balaban J connectivity index is 1.35. The lowest BCUT2D eigenvalue weighted by molar-refractivity contribution is -0.115. The second-order valence-electron chi connectivity index (χ2n) is 5.90. The second-order valence-corrected chi connectivity index (χ2v) is 6.76. The Bertz CT molecular complexity index is 1040. The van der Waals surface area contributed by atoms with Crippen molar-refractivity contribution in [2.24, 2.45) is 0 Å². The first kappa shape index (κ1) is 17.9. The molecule has 9 heteroatoms. The zero-order valence-corrected chi connectivity index (χ0v) is 15.2. The molecule has 0 saturated heterocycles. The number of amides is 2. The number of benzene rings is 2. The lowest BCUT2D eigenvalue weighted by Crippen LogP contribution is -2.15. The van der Waals surface area contributed by atoms with E-state index in [-0.39, 0.29) is 30.8 Å². The number of nitrogens with zero attached hydrogens (tertiary/aromatic N) is 1. The number of anilines is 2. The number of aromatic nitrogens is 1. The highest BCUT2D eigenvalue weighted by Crippen LogP contribution is 2.32. The lowest BCUT2D eigenvalue weighted by Gasteiger charge is -2.04. The van der Waals surface area contributed by atoms with Crippen LogP contribution in [0.5, 0.6) is 11.5 Å². The van der Waals surface area contributed by atoms with Crippen LogP contribution in [0.15, 0.2) is 47.8 Å². The number of nitrogens with one attached hydrogen (secondary N) is 2. The number of hydrogen-bond acceptors (Lipinski definition) is 6. The summed E-state index contributed by atoms with van der Waals surface area (Å²) < 4.78 is 23.4. The van der Waals surface area contributed by atoms with Crippen LogP contribution in [0.3, 0.4) is 0 Å². The van der Waals surface area contributed by atoms with Crippen molar-refractivity contribution in [1.29, 1.82) is 0 Å². The maximum Gasteiger partial charge on any atom is 0.257 e. The highest BCUT2D eigenvalue weighted by molar-refractivity contribution is 7.14. The van der Waals surface area contributed by atoms with Gasteiger partial charge in [0.05, 0.1) is 12.1 Å². The smallest absolute Gasteiger partial charge is 0.257 e. The van der Waals surface area contributed by atoms with E-state index in [1.54, 1.807) is 23.6 Å². The largest absolute Gasteiger partial charge is 0.454 e. The van der Waals surface area contributed by atoms with Gasteiger partial charge in [-0.25, -0.2) is 9.37 Å². The Labute approximate surface area is 163 Å². The van der Waals surface area contributed by atoms with Crippen molar-refractivity contribution in [3.63, 3.8) is 0 Å². The summed E-state index contributed by atoms with van der Waals surface area (Å²) in [6.45, 7) is 0.135. The van der Waals surface area contributed by atoms with Gasteiger partial charge in [-0.2, -0.15) is 0 Å². The summed E-state index contributed by atoms with van der Waals surface area (Å²) in [5.41, 5.74) is 1.43. The molecular weight excluding hydrogens is 385 g/mol. The van der Waals surface area contributed by atoms with Gasteiger partial charge in [-0.3, -0.25) is 14.9 Å². The van der Waals surface area contributed by atoms with Gasteiger partial charge >= 0.3 is 0 Å². The Hall–Kier alpha value is -3.46. The molecule has 4 rings (SSSR count). The molecule has 0 aliphatic carbocycles. The number of carbonyl (C=O) groups is 2. The van der Waals surface area contributed by atoms with Crippen molar-refractivity contribution in [1.82, 2.24) is 4.98 Å². The van der Waals surface area contributed by atoms with E-state index in [2.05, 4.69) is 15.6 Å². The Kier molecular flexibility index (Phi) is 4.90. The van der Waals surface area contributed by atoms with Crippen LogP contribution < -0.4 is 20.1 Å². The van der Waals surface area contributed by atoms with Crippen molar-refractivity contribution in [3.05, 3.63) is 64.9 Å². The van der Waals surface area contributed by atoms with Gasteiger partial charge in [0.25, 0.3) is 5.91 Å². The zero-order chi connectivity index (χ0) is 19.5. The Morgan fingerprint density at radius 1 is 1.07 bits per heavy atom. The van der Waals surface area contributed by atoms with E-state index in [1.807, 2.05) is 0 Å². The summed E-state index contributed by atoms with van der Waals surface area (Å²) in [6, 6.07) is 10.4. The van der Waals surface area contributed by atoms with Crippen LogP contribution in [0, 0.1) is 5.82 Å². The van der Waals surface area contributed by atoms with Gasteiger partial charge < -0.3 is 14.8 Å². The predicted molar refractivity (Wildman–Crippen MR) is 101 cm³/mol. The number of rotatable bonds is 5. The third-order valence-corrected chi connectivity index (χ3v) is 4.68. The zero-order valence-electron chi connectivity index (χ0n) is 14.4. The van der Waals surface area contributed by atoms with E-state index >= 15 is 0 Å². The van der Waals surface area contributed by atoms with E-state index in [4.69, 9.17) is 9.47 Å². The minimum atomic E-state index is -0.375. The maximum absolute atomic E-state index is 12.9. The van der Waals surface area contributed by atoms with Crippen molar-refractivity contribution in [2.75, 3.05) is 17.4 Å². The summed E-state index contributed by atoms with van der Waals surface area (Å²) in [7, 11) is 0. The molecule has 2 heterocycles. The molecule has 0 atom stereocenters. The van der Waals surface area contributed by atoms with Gasteiger partial charge in [-0.1, -0.05) is 0 Å². The van der Waals surface area contributed by atoms with Gasteiger partial charge in [0.1, 0.15) is 5.82 Å². The number of carbonyl (C=O) groups excluding carboxylic acids is 2. The second kappa shape index (κ2) is 7.65. The highest BCUT2D eigenvalue weighted by Gasteiger charge is 2.17. The van der Waals surface area contributed by atoms with Gasteiger partial charge in [0.15, 0.2) is 16.6 Å². The Morgan fingerprint density at radius 3 is 2.68 bits per heavy atom. The topological polar surface area (TPSA) is 89.6 Å². The third kappa shape index (κ3) is 4.09. The quantitative estimate of drug-likeness (QED) is 0.686. The fraction of sp³-hybridized carbons (Fsp3) is 0.105. The van der Waals surface area contributed by atoms with Gasteiger partial charge in [0.2, 0.25) is 12.7 Å². The summed E-state index contributed by atoms with van der Waals surface area (Å²) in [6.07, 6.45) is 0.0355. The van der Waals surface area contributed by atoms with Gasteiger partial charge in [-0.15, -0.1) is 11.3 Å². The normalized spacial score (nSPS) is 11.9. The van der Waals surface area contributed by atoms with Crippen molar-refractivity contribution < 1.29 is 23.5 Å². The molecule has 3 aromatic rings. The molecule has 1 aromatic heterocycles. The van der Waals surface area contributed by atoms with Gasteiger partial charge in [-0.05, 0) is 42.5 Å². The van der Waals surface area contributed by atoms with Crippen LogP contribution in [0.25, 0.3) is 0 Å². The molecule has 28 heavy (non-hydrogen) atoms. The first-order chi connectivity index (χ1) is 13.6. The molecule has 0 bridgehead atoms. The van der Waals surface area contributed by atoms with Crippen molar-refractivity contribution in [2.45, 2.75) is 6.42 Å². The van der Waals surface area contributed by atoms with Crippen LogP contribution in [0.2, 0.25) is 0 Å². The molecule has 0 radical (unpaired) electrons. The molecule has 1 aliphatic rings. The average Bonchev–Trinajstić information content (AvgIpc) is 3.32. The summed E-state index contributed by atoms with van der Waals surface area (Å²) in [4.78, 5) is 28.7. The third-order valence-electron chi connectivity index (χ3n) is 3.88. The van der Waals surface area contributed by atoms with E-state index in [0.717, 1.165) is 0 Å². The van der Waals surface area contributed by atoms with Gasteiger partial charge in [0, 0.05) is 16.6 Å². The molecule has 0 unspecified atom stereocenters. The number of fused-ring (bicyclic) bond motifs is 1. The van der Waals surface area contributed by atoms with Crippen molar-refractivity contribution in [3.8, 4) is 11.5 Å². The first-order valence-electron chi connectivity index (χ1n) is 8.28. The molecule has 0 spiro atoms. The summed E-state index contributed by atoms with van der Waals surface area (Å²) in [5.74, 6) is 0.117. The first-order valence-corrected chi connectivity index (χ1v) is 9.15. The summed E-state index contributed by atoms with van der Waals surface area (Å²) >= 11 is 1.22. The van der Waals surface area contributed by atoms with E-state index in [9.17, 15) is 14.0 Å². The van der Waals surface area contributed by atoms with Crippen LogP contribution in [0.4, 0.5) is 15.2 Å². The number of thiazole rings is 1. The minimum Gasteiger partial charge on any atom is -0.454 e. The van der Waals surface area contributed by atoms with E-state index in [1.165, 1.54) is 35.6 Å². The molecule has 1 aliphatic heterocycles. The molecular formula is C19H14FN3O4S. The average molecular weight is 399 g/mol. The monoisotopic (exact) mass is 399 g/mol. The fourth-order valence-corrected chi connectivity index (χ4v) is 3.26. The van der Waals surface area contributed by atoms with E-state index < -0.39 is 0 Å². The van der Waals surface area contributed by atoms with E-state index in [0.29, 0.717) is 33.6 Å². The standard InChI is InChI=1S/C19H14FN3O4S/c20-12-2-4-13(5-3-12)21-17(24)8-14-9-28-19(22-14)23-18(25)11-1-6-15-16(7-11)27-10-26-15/h1-7,9H,8,10H2,(H,21,24)(H,22,23,25). The minimum absolute atomic E-state index is 0.0355. The van der Waals surface area contributed by atoms with Crippen LogP contribution in [-0.2, 0) is 11.2 Å². The lowest BCUT2D eigenvalue weighted by atomic mass is 10.2. The van der Waals surface area contributed by atoms with Crippen LogP contribution in [-0.4, -0.2) is 23.6 Å². The number of ether oxygens (including phenoxy) is 2. The number of halogens is 1. The molecule has 2 amide bonds. The van der Waals surface area contributed by atoms with Crippen molar-refractivity contribution >= 4 is 34.0 Å². The molecule has 7 nitrogen and oxygen atoms in total. The molecule has 2 N–H and O–H groups in total. The SMILES string of the molecule is O=C(Cc1csc(NC(=O)c2ccc3c(c2)OCO3)n1)Nc1ccc(F)cc1. The predicted octanol–water partition coefficient (Wildman–Crippen LogP) is 3.44.